The van der Waals surface area contributed by atoms with Gasteiger partial charge in [0.25, 0.3) is 0 Å². The smallest absolute Gasteiger partial charge is 0.181 e. The van der Waals surface area contributed by atoms with E-state index < -0.39 is 0 Å². The van der Waals surface area contributed by atoms with E-state index in [0.29, 0.717) is 10.0 Å². The molecular formula is C14H17Cl2NOS. The highest BCUT2D eigenvalue weighted by atomic mass is 35.5. The Kier molecular flexibility index (Phi) is 4.38. The van der Waals surface area contributed by atoms with Gasteiger partial charge in [0.15, 0.2) is 5.44 Å². The molecule has 2 rings (SSSR count). The van der Waals surface area contributed by atoms with Gasteiger partial charge in [-0.05, 0) is 12.1 Å². The highest BCUT2D eigenvalue weighted by molar-refractivity contribution is 8.01. The van der Waals surface area contributed by atoms with Crippen LogP contribution >= 0.6 is 35.0 Å². The zero-order valence-electron chi connectivity index (χ0n) is 11.4. The Labute approximate surface area is 128 Å². The quantitative estimate of drug-likeness (QED) is 0.745. The molecular weight excluding hydrogens is 301 g/mol. The molecule has 0 N–H and O–H groups in total. The van der Waals surface area contributed by atoms with Gasteiger partial charge in [0, 0.05) is 10.3 Å². The highest BCUT2D eigenvalue weighted by Gasteiger charge is 2.36. The van der Waals surface area contributed by atoms with E-state index in [2.05, 4.69) is 32.9 Å². The van der Waals surface area contributed by atoms with E-state index in [-0.39, 0.29) is 16.1 Å². The zero-order valence-corrected chi connectivity index (χ0v) is 13.7. The van der Waals surface area contributed by atoms with E-state index in [1.165, 1.54) is 0 Å². The minimum atomic E-state index is 0.00217. The molecule has 0 amide bonds. The fraction of sp³-hybridized carbons (Fsp3) is 0.500. The van der Waals surface area contributed by atoms with Crippen molar-refractivity contribution in [2.75, 3.05) is 0 Å². The van der Waals surface area contributed by atoms with Crippen LogP contribution in [0.3, 0.4) is 0 Å². The number of hydrogen-bond acceptors (Lipinski definition) is 3. The molecule has 1 aliphatic rings. The van der Waals surface area contributed by atoms with E-state index in [9.17, 15) is 0 Å². The van der Waals surface area contributed by atoms with Crippen molar-refractivity contribution < 1.29 is 4.84 Å². The van der Waals surface area contributed by atoms with Crippen molar-refractivity contribution in [1.29, 1.82) is 0 Å². The summed E-state index contributed by atoms with van der Waals surface area (Å²) < 4.78 is 0.119. The van der Waals surface area contributed by atoms with Crippen molar-refractivity contribution in [3.63, 3.8) is 0 Å². The first kappa shape index (κ1) is 15.0. The summed E-state index contributed by atoms with van der Waals surface area (Å²) in [5, 5.41) is 5.43. The Morgan fingerprint density at radius 1 is 1.21 bits per heavy atom. The topological polar surface area (TPSA) is 21.6 Å². The van der Waals surface area contributed by atoms with Crippen LogP contribution in [0.4, 0.5) is 0 Å². The van der Waals surface area contributed by atoms with Crippen LogP contribution in [0.2, 0.25) is 10.0 Å². The Balaban J connectivity index is 2.25. The molecule has 1 heterocycles. The van der Waals surface area contributed by atoms with Gasteiger partial charge in [0.1, 0.15) is 0 Å². The molecule has 5 heteroatoms. The predicted molar refractivity (Wildman–Crippen MR) is 84.4 cm³/mol. The molecule has 0 aliphatic carbocycles. The Morgan fingerprint density at radius 2 is 1.79 bits per heavy atom. The third kappa shape index (κ3) is 3.39. The van der Waals surface area contributed by atoms with Crippen molar-refractivity contribution in [3.8, 4) is 0 Å². The third-order valence-electron chi connectivity index (χ3n) is 2.78. The number of rotatable bonds is 2. The lowest BCUT2D eigenvalue weighted by Gasteiger charge is -2.23. The molecule has 0 bridgehead atoms. The maximum atomic E-state index is 6.23. The van der Waals surface area contributed by atoms with E-state index in [1.807, 2.05) is 18.2 Å². The number of oxime groups is 1. The second-order valence-electron chi connectivity index (χ2n) is 5.57. The lowest BCUT2D eigenvalue weighted by atomic mass is 9.99. The summed E-state index contributed by atoms with van der Waals surface area (Å²) in [6.07, 6.45) is 0. The summed E-state index contributed by atoms with van der Waals surface area (Å²) in [4.78, 5) is 5.55. The van der Waals surface area contributed by atoms with Crippen LogP contribution in [0.15, 0.2) is 23.4 Å². The van der Waals surface area contributed by atoms with Crippen molar-refractivity contribution in [2.24, 2.45) is 11.1 Å². The molecule has 2 atom stereocenters. The molecule has 0 saturated carbocycles. The van der Waals surface area contributed by atoms with Gasteiger partial charge in [-0.25, -0.2) is 0 Å². The average molecular weight is 318 g/mol. The number of nitrogens with zero attached hydrogens (tertiary/aromatic N) is 1. The van der Waals surface area contributed by atoms with Gasteiger partial charge in [-0.15, -0.1) is 11.8 Å². The summed E-state index contributed by atoms with van der Waals surface area (Å²) in [5.41, 5.74) is 1.62. The zero-order chi connectivity index (χ0) is 14.2. The maximum absolute atomic E-state index is 6.23. The molecule has 19 heavy (non-hydrogen) atoms. The van der Waals surface area contributed by atoms with Crippen LogP contribution in [-0.4, -0.2) is 15.9 Å². The van der Waals surface area contributed by atoms with Crippen molar-refractivity contribution in [1.82, 2.24) is 0 Å². The van der Waals surface area contributed by atoms with E-state index >= 15 is 0 Å². The van der Waals surface area contributed by atoms with Gasteiger partial charge in [-0.3, -0.25) is 0 Å². The van der Waals surface area contributed by atoms with Crippen molar-refractivity contribution in [3.05, 3.63) is 33.8 Å². The fourth-order valence-electron chi connectivity index (χ4n) is 1.90. The lowest BCUT2D eigenvalue weighted by Crippen LogP contribution is -2.23. The number of benzene rings is 1. The second-order valence-corrected chi connectivity index (χ2v) is 8.31. The molecule has 0 saturated heterocycles. The minimum Gasteiger partial charge on any atom is -0.380 e. The Hall–Kier alpha value is -0.380. The first-order chi connectivity index (χ1) is 8.79. The van der Waals surface area contributed by atoms with Crippen LogP contribution in [0.5, 0.6) is 0 Å². The van der Waals surface area contributed by atoms with Crippen LogP contribution < -0.4 is 0 Å². The van der Waals surface area contributed by atoms with Gasteiger partial charge < -0.3 is 4.84 Å². The van der Waals surface area contributed by atoms with E-state index in [1.54, 1.807) is 11.8 Å². The third-order valence-corrected chi connectivity index (χ3v) is 4.85. The number of halogens is 2. The molecule has 0 spiro atoms. The summed E-state index contributed by atoms with van der Waals surface area (Å²) in [7, 11) is 0. The van der Waals surface area contributed by atoms with Gasteiger partial charge in [-0.1, -0.05) is 62.1 Å². The molecule has 1 aliphatic heterocycles. The van der Waals surface area contributed by atoms with Crippen molar-refractivity contribution >= 4 is 40.7 Å². The SMILES string of the molecule is C[C@H]1C(c2c(Cl)cccc2Cl)=NO[C@H]1SC(C)(C)C. The Bertz CT molecular complexity index is 490. The van der Waals surface area contributed by atoms with E-state index in [0.717, 1.165) is 11.3 Å². The van der Waals surface area contributed by atoms with Crippen LogP contribution in [-0.2, 0) is 4.84 Å². The molecule has 2 nitrogen and oxygen atoms in total. The Morgan fingerprint density at radius 3 is 2.32 bits per heavy atom. The first-order valence-corrected chi connectivity index (χ1v) is 7.79. The maximum Gasteiger partial charge on any atom is 0.181 e. The fourth-order valence-corrected chi connectivity index (χ4v) is 3.61. The van der Waals surface area contributed by atoms with Gasteiger partial charge in [0.05, 0.1) is 21.7 Å². The average Bonchev–Trinajstić information content (AvgIpc) is 2.59. The molecule has 0 radical (unpaired) electrons. The summed E-state index contributed by atoms with van der Waals surface area (Å²) in [6.45, 7) is 8.57. The van der Waals surface area contributed by atoms with Crippen LogP contribution in [0, 0.1) is 5.92 Å². The summed E-state index contributed by atoms with van der Waals surface area (Å²) in [6, 6.07) is 5.47. The summed E-state index contributed by atoms with van der Waals surface area (Å²) in [5.74, 6) is 0.154. The lowest BCUT2D eigenvalue weighted by molar-refractivity contribution is 0.130. The van der Waals surface area contributed by atoms with E-state index in [4.69, 9.17) is 28.0 Å². The van der Waals surface area contributed by atoms with Crippen molar-refractivity contribution in [2.45, 2.75) is 37.9 Å². The molecule has 0 fully saturated rings. The molecule has 104 valence electrons. The normalized spacial score (nSPS) is 23.2. The monoisotopic (exact) mass is 317 g/mol. The summed E-state index contributed by atoms with van der Waals surface area (Å²) >= 11 is 14.2. The molecule has 0 unspecified atom stereocenters. The van der Waals surface area contributed by atoms with Crippen LogP contribution in [0.1, 0.15) is 33.3 Å². The molecule has 1 aromatic carbocycles. The molecule has 1 aromatic rings. The minimum absolute atomic E-state index is 0.00217. The number of thioether (sulfide) groups is 1. The predicted octanol–water partition coefficient (Wildman–Crippen LogP) is 5.22. The molecule has 0 aromatic heterocycles. The van der Waals surface area contributed by atoms with Gasteiger partial charge in [0.2, 0.25) is 0 Å². The number of hydrogen-bond donors (Lipinski definition) is 0. The van der Waals surface area contributed by atoms with Gasteiger partial charge >= 0.3 is 0 Å². The van der Waals surface area contributed by atoms with Crippen LogP contribution in [0.25, 0.3) is 0 Å². The first-order valence-electron chi connectivity index (χ1n) is 6.15. The second kappa shape index (κ2) is 5.55. The van der Waals surface area contributed by atoms with Gasteiger partial charge in [-0.2, -0.15) is 0 Å². The highest BCUT2D eigenvalue weighted by Crippen LogP contribution is 2.39. The largest absolute Gasteiger partial charge is 0.380 e. The standard InChI is InChI=1S/C14H17Cl2NOS/c1-8-12(11-9(15)6-5-7-10(11)16)17-18-13(8)19-14(2,3)4/h5-8,13H,1-4H3/t8-,13-/m0/s1.